The highest BCUT2D eigenvalue weighted by Crippen LogP contribution is 2.20. The molecule has 6 heteroatoms. The molecule has 1 N–H and O–H groups in total. The third-order valence-corrected chi connectivity index (χ3v) is 3.91. The van der Waals surface area contributed by atoms with Gasteiger partial charge in [-0.2, -0.15) is 0 Å². The van der Waals surface area contributed by atoms with Crippen LogP contribution in [0.4, 0.5) is 0 Å². The lowest BCUT2D eigenvalue weighted by Gasteiger charge is -2.28. The van der Waals surface area contributed by atoms with Gasteiger partial charge in [0, 0.05) is 24.4 Å². The van der Waals surface area contributed by atoms with Gasteiger partial charge in [0.15, 0.2) is 0 Å². The van der Waals surface area contributed by atoms with E-state index in [9.17, 15) is 9.90 Å². The molecule has 0 unspecified atom stereocenters. The van der Waals surface area contributed by atoms with Crippen molar-refractivity contribution in [1.82, 2.24) is 10.1 Å². The summed E-state index contributed by atoms with van der Waals surface area (Å²) in [7, 11) is 0. The molecule has 0 aromatic carbocycles. The molecule has 0 aliphatic heterocycles. The van der Waals surface area contributed by atoms with E-state index in [1.807, 2.05) is 20.8 Å². The molecule has 5 nitrogen and oxygen atoms in total. The van der Waals surface area contributed by atoms with Crippen molar-refractivity contribution in [2.45, 2.75) is 46.0 Å². The number of nitrogens with zero attached hydrogens (tertiary/aromatic N) is 2. The minimum atomic E-state index is -0.863. The molecule has 20 heavy (non-hydrogen) atoms. The van der Waals surface area contributed by atoms with Gasteiger partial charge in [0.25, 0.3) is 0 Å². The molecule has 0 saturated heterocycles. The van der Waals surface area contributed by atoms with E-state index in [0.29, 0.717) is 24.6 Å². The molecule has 1 amide bonds. The number of carbonyl (C=O) groups excluding carboxylic acids is 1. The first-order chi connectivity index (χ1) is 9.24. The summed E-state index contributed by atoms with van der Waals surface area (Å²) in [6.45, 7) is 10.1. The second-order valence-electron chi connectivity index (χ2n) is 5.52. The largest absolute Gasteiger partial charge is 0.389 e. The van der Waals surface area contributed by atoms with Gasteiger partial charge in [-0.1, -0.05) is 5.16 Å². The van der Waals surface area contributed by atoms with Crippen LogP contribution in [-0.4, -0.2) is 45.5 Å². The van der Waals surface area contributed by atoms with Crippen molar-refractivity contribution in [3.8, 4) is 0 Å². The number of amides is 1. The molecule has 1 heterocycles. The Morgan fingerprint density at radius 1 is 1.45 bits per heavy atom. The standard InChI is InChI=1S/C14H24N2O3S/c1-6-16(9-14(4,5)18)13(17)8-20-7-12-10(2)15-19-11(12)3/h18H,6-9H2,1-5H3. The van der Waals surface area contributed by atoms with Crippen molar-refractivity contribution in [3.63, 3.8) is 0 Å². The van der Waals surface area contributed by atoms with E-state index in [-0.39, 0.29) is 5.91 Å². The summed E-state index contributed by atoms with van der Waals surface area (Å²) in [4.78, 5) is 13.8. The predicted octanol–water partition coefficient (Wildman–Crippen LogP) is 2.14. The first-order valence-electron chi connectivity index (χ1n) is 6.74. The Hall–Kier alpha value is -1.01. The van der Waals surface area contributed by atoms with E-state index in [4.69, 9.17) is 4.52 Å². The third-order valence-electron chi connectivity index (χ3n) is 2.97. The first-order valence-corrected chi connectivity index (χ1v) is 7.89. The molecule has 0 fully saturated rings. The summed E-state index contributed by atoms with van der Waals surface area (Å²) in [6, 6.07) is 0. The van der Waals surface area contributed by atoms with Gasteiger partial charge in [0.05, 0.1) is 17.0 Å². The summed E-state index contributed by atoms with van der Waals surface area (Å²) in [6.07, 6.45) is 0. The molecule has 0 saturated carbocycles. The maximum Gasteiger partial charge on any atom is 0.232 e. The number of rotatable bonds is 7. The zero-order valence-electron chi connectivity index (χ0n) is 12.9. The Bertz CT molecular complexity index is 432. The molecule has 0 aliphatic carbocycles. The van der Waals surface area contributed by atoms with Gasteiger partial charge >= 0.3 is 0 Å². The lowest BCUT2D eigenvalue weighted by atomic mass is 10.1. The van der Waals surface area contributed by atoms with Crippen molar-refractivity contribution in [1.29, 1.82) is 0 Å². The van der Waals surface area contributed by atoms with Crippen molar-refractivity contribution in [2.75, 3.05) is 18.8 Å². The van der Waals surface area contributed by atoms with Crippen LogP contribution in [0.5, 0.6) is 0 Å². The average Bonchev–Trinajstić information content (AvgIpc) is 2.66. The summed E-state index contributed by atoms with van der Waals surface area (Å²) in [5, 5.41) is 13.7. The summed E-state index contributed by atoms with van der Waals surface area (Å²) in [5.41, 5.74) is 1.08. The molecule has 0 bridgehead atoms. The van der Waals surface area contributed by atoms with Crippen LogP contribution in [0.25, 0.3) is 0 Å². The minimum absolute atomic E-state index is 0.0476. The van der Waals surface area contributed by atoms with Gasteiger partial charge in [0.1, 0.15) is 5.76 Å². The number of aliphatic hydroxyl groups is 1. The molecule has 1 aromatic rings. The third kappa shape index (κ3) is 5.17. The Morgan fingerprint density at radius 2 is 2.10 bits per heavy atom. The maximum atomic E-state index is 12.1. The molecule has 0 aliphatic rings. The lowest BCUT2D eigenvalue weighted by Crippen LogP contribution is -2.42. The Morgan fingerprint density at radius 3 is 2.55 bits per heavy atom. The Labute approximate surface area is 124 Å². The second kappa shape index (κ2) is 7.13. The van der Waals surface area contributed by atoms with E-state index < -0.39 is 5.60 Å². The normalized spacial score (nSPS) is 11.7. The maximum absolute atomic E-state index is 12.1. The SMILES string of the molecule is CCN(CC(C)(C)O)C(=O)CSCc1c(C)noc1C. The highest BCUT2D eigenvalue weighted by atomic mass is 32.2. The minimum Gasteiger partial charge on any atom is -0.389 e. The highest BCUT2D eigenvalue weighted by molar-refractivity contribution is 7.99. The number of thioether (sulfide) groups is 1. The fourth-order valence-corrected chi connectivity index (χ4v) is 2.96. The van der Waals surface area contributed by atoms with E-state index in [1.165, 1.54) is 0 Å². The van der Waals surface area contributed by atoms with Gasteiger partial charge in [-0.15, -0.1) is 11.8 Å². The summed E-state index contributed by atoms with van der Waals surface area (Å²) < 4.78 is 5.10. The van der Waals surface area contributed by atoms with Crippen LogP contribution in [0.3, 0.4) is 0 Å². The second-order valence-corrected chi connectivity index (χ2v) is 6.50. The van der Waals surface area contributed by atoms with Crippen LogP contribution in [0.2, 0.25) is 0 Å². The number of likely N-dealkylation sites (N-methyl/N-ethyl adjacent to an activating group) is 1. The zero-order chi connectivity index (χ0) is 15.3. The van der Waals surface area contributed by atoms with Crippen LogP contribution in [-0.2, 0) is 10.5 Å². The summed E-state index contributed by atoms with van der Waals surface area (Å²) >= 11 is 1.54. The quantitative estimate of drug-likeness (QED) is 0.835. The Kier molecular flexibility index (Phi) is 6.07. The molecular weight excluding hydrogens is 276 g/mol. The monoisotopic (exact) mass is 300 g/mol. The molecule has 0 atom stereocenters. The lowest BCUT2D eigenvalue weighted by molar-refractivity contribution is -0.131. The number of aromatic nitrogens is 1. The van der Waals surface area contributed by atoms with Crippen LogP contribution in [0.1, 0.15) is 37.8 Å². The molecule has 0 radical (unpaired) electrons. The zero-order valence-corrected chi connectivity index (χ0v) is 13.7. The van der Waals surface area contributed by atoms with Crippen LogP contribution in [0.15, 0.2) is 4.52 Å². The summed E-state index contributed by atoms with van der Waals surface area (Å²) in [5.74, 6) is 1.97. The van der Waals surface area contributed by atoms with Gasteiger partial charge in [-0.05, 0) is 34.6 Å². The van der Waals surface area contributed by atoms with Gasteiger partial charge in [-0.25, -0.2) is 0 Å². The van der Waals surface area contributed by atoms with E-state index in [2.05, 4.69) is 5.16 Å². The number of carbonyl (C=O) groups is 1. The van der Waals surface area contributed by atoms with Gasteiger partial charge in [0.2, 0.25) is 5.91 Å². The molecule has 1 aromatic heterocycles. The van der Waals surface area contributed by atoms with Gasteiger partial charge < -0.3 is 14.5 Å². The number of aryl methyl sites for hydroxylation is 2. The van der Waals surface area contributed by atoms with Crippen LogP contribution < -0.4 is 0 Å². The van der Waals surface area contributed by atoms with E-state index in [0.717, 1.165) is 17.0 Å². The molecule has 0 spiro atoms. The van der Waals surface area contributed by atoms with E-state index in [1.54, 1.807) is 30.5 Å². The molecular formula is C14H24N2O3S. The van der Waals surface area contributed by atoms with Crippen LogP contribution >= 0.6 is 11.8 Å². The highest BCUT2D eigenvalue weighted by Gasteiger charge is 2.21. The van der Waals surface area contributed by atoms with Crippen molar-refractivity contribution < 1.29 is 14.4 Å². The fraction of sp³-hybridized carbons (Fsp3) is 0.714. The van der Waals surface area contributed by atoms with Gasteiger partial charge in [-0.3, -0.25) is 4.79 Å². The number of hydrogen-bond acceptors (Lipinski definition) is 5. The van der Waals surface area contributed by atoms with Crippen molar-refractivity contribution in [3.05, 3.63) is 17.0 Å². The Balaban J connectivity index is 2.46. The smallest absolute Gasteiger partial charge is 0.232 e. The fourth-order valence-electron chi connectivity index (χ4n) is 1.88. The molecule has 114 valence electrons. The van der Waals surface area contributed by atoms with Crippen molar-refractivity contribution in [2.24, 2.45) is 0 Å². The first kappa shape index (κ1) is 17.0. The average molecular weight is 300 g/mol. The van der Waals surface area contributed by atoms with Crippen molar-refractivity contribution >= 4 is 17.7 Å². The van der Waals surface area contributed by atoms with Crippen LogP contribution in [0, 0.1) is 13.8 Å². The predicted molar refractivity (Wildman–Crippen MR) is 80.7 cm³/mol. The van der Waals surface area contributed by atoms with E-state index >= 15 is 0 Å². The molecule has 1 rings (SSSR count). The topological polar surface area (TPSA) is 66.6 Å². The number of hydrogen-bond donors (Lipinski definition) is 1.